The Morgan fingerprint density at radius 1 is 1.24 bits per heavy atom. The molecule has 1 aromatic carbocycles. The summed E-state index contributed by atoms with van der Waals surface area (Å²) in [6, 6.07) is 6.21. The van der Waals surface area contributed by atoms with Crippen molar-refractivity contribution in [1.82, 2.24) is 5.32 Å². The zero-order valence-corrected chi connectivity index (χ0v) is 10.3. The standard InChI is InChI=1S/C13H19NO3/c1-9(8-15)14-10(2)11-3-4-12-13(7-11)17-6-5-16-12/h3-4,7,9-10,14-15H,5-6,8H2,1-2H3. The van der Waals surface area contributed by atoms with Crippen molar-refractivity contribution < 1.29 is 14.6 Å². The van der Waals surface area contributed by atoms with Gasteiger partial charge in [-0.1, -0.05) is 6.07 Å². The zero-order valence-electron chi connectivity index (χ0n) is 10.3. The molecule has 2 rings (SSSR count). The maximum absolute atomic E-state index is 9.02. The zero-order chi connectivity index (χ0) is 12.3. The molecule has 0 aromatic heterocycles. The van der Waals surface area contributed by atoms with E-state index in [4.69, 9.17) is 14.6 Å². The third kappa shape index (κ3) is 2.90. The SMILES string of the molecule is CC(CO)NC(C)c1ccc2c(c1)OCCO2. The molecule has 4 heteroatoms. The van der Waals surface area contributed by atoms with Gasteiger partial charge in [-0.25, -0.2) is 0 Å². The van der Waals surface area contributed by atoms with Gasteiger partial charge in [0.15, 0.2) is 11.5 Å². The topological polar surface area (TPSA) is 50.7 Å². The number of hydrogen-bond donors (Lipinski definition) is 2. The Labute approximate surface area is 102 Å². The Kier molecular flexibility index (Phi) is 3.86. The lowest BCUT2D eigenvalue weighted by Gasteiger charge is -2.22. The lowest BCUT2D eigenvalue weighted by Crippen LogP contribution is -2.31. The summed E-state index contributed by atoms with van der Waals surface area (Å²) in [4.78, 5) is 0. The molecular formula is C13H19NO3. The van der Waals surface area contributed by atoms with Crippen LogP contribution in [0.5, 0.6) is 11.5 Å². The lowest BCUT2D eigenvalue weighted by atomic mass is 10.1. The maximum atomic E-state index is 9.02. The van der Waals surface area contributed by atoms with Crippen molar-refractivity contribution in [3.63, 3.8) is 0 Å². The van der Waals surface area contributed by atoms with E-state index in [2.05, 4.69) is 12.2 Å². The smallest absolute Gasteiger partial charge is 0.161 e. The summed E-state index contributed by atoms with van der Waals surface area (Å²) in [7, 11) is 0. The van der Waals surface area contributed by atoms with Gasteiger partial charge in [-0.05, 0) is 31.5 Å². The quantitative estimate of drug-likeness (QED) is 0.833. The highest BCUT2D eigenvalue weighted by atomic mass is 16.6. The Bertz CT molecular complexity index is 381. The molecule has 1 heterocycles. The molecule has 0 saturated heterocycles. The second-order valence-corrected chi connectivity index (χ2v) is 4.38. The average Bonchev–Trinajstić information content (AvgIpc) is 2.38. The first kappa shape index (κ1) is 12.2. The van der Waals surface area contributed by atoms with Crippen LogP contribution in [-0.2, 0) is 0 Å². The Morgan fingerprint density at radius 3 is 2.65 bits per heavy atom. The molecule has 0 fully saturated rings. The fourth-order valence-electron chi connectivity index (χ4n) is 1.90. The molecule has 2 atom stereocenters. The van der Waals surface area contributed by atoms with Crippen molar-refractivity contribution in [1.29, 1.82) is 0 Å². The van der Waals surface area contributed by atoms with Crippen LogP contribution in [0.15, 0.2) is 18.2 Å². The van der Waals surface area contributed by atoms with E-state index in [-0.39, 0.29) is 18.7 Å². The van der Waals surface area contributed by atoms with Crippen LogP contribution >= 0.6 is 0 Å². The molecule has 1 aromatic rings. The van der Waals surface area contributed by atoms with Gasteiger partial charge in [0.05, 0.1) is 6.61 Å². The van der Waals surface area contributed by atoms with E-state index in [1.165, 1.54) is 0 Å². The molecule has 0 spiro atoms. The fraction of sp³-hybridized carbons (Fsp3) is 0.538. The molecule has 94 valence electrons. The molecule has 0 saturated carbocycles. The molecule has 0 bridgehead atoms. The number of rotatable bonds is 4. The number of aliphatic hydroxyl groups excluding tert-OH is 1. The van der Waals surface area contributed by atoms with Crippen LogP contribution in [0.4, 0.5) is 0 Å². The van der Waals surface area contributed by atoms with Crippen molar-refractivity contribution in [2.45, 2.75) is 25.9 Å². The highest BCUT2D eigenvalue weighted by molar-refractivity contribution is 5.44. The lowest BCUT2D eigenvalue weighted by molar-refractivity contribution is 0.171. The molecular weight excluding hydrogens is 218 g/mol. The number of nitrogens with one attached hydrogen (secondary N) is 1. The molecule has 1 aliphatic heterocycles. The molecule has 2 unspecified atom stereocenters. The highest BCUT2D eigenvalue weighted by Gasteiger charge is 2.15. The minimum atomic E-state index is 0.0817. The normalized spacial score (nSPS) is 17.6. The van der Waals surface area contributed by atoms with Crippen molar-refractivity contribution in [3.05, 3.63) is 23.8 Å². The first-order valence-corrected chi connectivity index (χ1v) is 5.97. The van der Waals surface area contributed by atoms with Crippen LogP contribution in [0.1, 0.15) is 25.5 Å². The van der Waals surface area contributed by atoms with Gasteiger partial charge >= 0.3 is 0 Å². The number of aliphatic hydroxyl groups is 1. The molecule has 17 heavy (non-hydrogen) atoms. The van der Waals surface area contributed by atoms with E-state index in [1.807, 2.05) is 25.1 Å². The van der Waals surface area contributed by atoms with Crippen LogP contribution < -0.4 is 14.8 Å². The van der Waals surface area contributed by atoms with Gasteiger partial charge in [0.25, 0.3) is 0 Å². The van der Waals surface area contributed by atoms with E-state index in [0.717, 1.165) is 17.1 Å². The molecule has 0 amide bonds. The summed E-state index contributed by atoms with van der Waals surface area (Å²) in [6.07, 6.45) is 0. The van der Waals surface area contributed by atoms with Crippen molar-refractivity contribution in [3.8, 4) is 11.5 Å². The molecule has 0 radical (unpaired) electrons. The Morgan fingerprint density at radius 2 is 1.94 bits per heavy atom. The minimum absolute atomic E-state index is 0.0817. The highest BCUT2D eigenvalue weighted by Crippen LogP contribution is 2.32. The van der Waals surface area contributed by atoms with E-state index < -0.39 is 0 Å². The summed E-state index contributed by atoms with van der Waals surface area (Å²) in [5.74, 6) is 1.61. The van der Waals surface area contributed by atoms with E-state index in [1.54, 1.807) is 0 Å². The third-order valence-corrected chi connectivity index (χ3v) is 2.87. The van der Waals surface area contributed by atoms with Crippen LogP contribution in [0.2, 0.25) is 0 Å². The minimum Gasteiger partial charge on any atom is -0.486 e. The van der Waals surface area contributed by atoms with Crippen molar-refractivity contribution in [2.75, 3.05) is 19.8 Å². The first-order chi connectivity index (χ1) is 8.20. The summed E-state index contributed by atoms with van der Waals surface area (Å²) < 4.78 is 11.0. The van der Waals surface area contributed by atoms with Crippen LogP contribution in [0.3, 0.4) is 0 Å². The Balaban J connectivity index is 2.10. The van der Waals surface area contributed by atoms with E-state index in [0.29, 0.717) is 13.2 Å². The van der Waals surface area contributed by atoms with Gasteiger partial charge in [0.2, 0.25) is 0 Å². The first-order valence-electron chi connectivity index (χ1n) is 5.97. The van der Waals surface area contributed by atoms with Gasteiger partial charge in [-0.15, -0.1) is 0 Å². The number of benzene rings is 1. The number of ether oxygens (including phenoxy) is 2. The molecule has 0 aliphatic carbocycles. The van der Waals surface area contributed by atoms with Crippen LogP contribution in [-0.4, -0.2) is 31.0 Å². The fourth-order valence-corrected chi connectivity index (χ4v) is 1.90. The van der Waals surface area contributed by atoms with Crippen molar-refractivity contribution >= 4 is 0 Å². The maximum Gasteiger partial charge on any atom is 0.161 e. The van der Waals surface area contributed by atoms with Gasteiger partial charge < -0.3 is 19.9 Å². The van der Waals surface area contributed by atoms with Gasteiger partial charge in [0.1, 0.15) is 13.2 Å². The Hall–Kier alpha value is -1.26. The van der Waals surface area contributed by atoms with E-state index in [9.17, 15) is 0 Å². The summed E-state index contributed by atoms with van der Waals surface area (Å²) in [6.45, 7) is 5.37. The van der Waals surface area contributed by atoms with Crippen LogP contribution in [0.25, 0.3) is 0 Å². The second-order valence-electron chi connectivity index (χ2n) is 4.38. The summed E-state index contributed by atoms with van der Waals surface area (Å²) in [5, 5.41) is 12.3. The monoisotopic (exact) mass is 237 g/mol. The number of fused-ring (bicyclic) bond motifs is 1. The van der Waals surface area contributed by atoms with Gasteiger partial charge in [-0.3, -0.25) is 0 Å². The summed E-state index contributed by atoms with van der Waals surface area (Å²) >= 11 is 0. The van der Waals surface area contributed by atoms with Crippen LogP contribution in [0, 0.1) is 0 Å². The van der Waals surface area contributed by atoms with E-state index >= 15 is 0 Å². The number of hydrogen-bond acceptors (Lipinski definition) is 4. The molecule has 4 nitrogen and oxygen atoms in total. The second kappa shape index (κ2) is 5.38. The molecule has 2 N–H and O–H groups in total. The summed E-state index contributed by atoms with van der Waals surface area (Å²) in [5.41, 5.74) is 1.13. The van der Waals surface area contributed by atoms with Gasteiger partial charge in [-0.2, -0.15) is 0 Å². The largest absolute Gasteiger partial charge is 0.486 e. The van der Waals surface area contributed by atoms with Gasteiger partial charge in [0, 0.05) is 12.1 Å². The molecule has 1 aliphatic rings. The van der Waals surface area contributed by atoms with Crippen molar-refractivity contribution in [2.24, 2.45) is 0 Å². The third-order valence-electron chi connectivity index (χ3n) is 2.87. The predicted molar refractivity (Wildman–Crippen MR) is 65.5 cm³/mol. The average molecular weight is 237 g/mol. The predicted octanol–water partition coefficient (Wildman–Crippen LogP) is 1.49.